The molecule has 0 saturated heterocycles. The molecule has 0 radical (unpaired) electrons. The Morgan fingerprint density at radius 3 is 2.69 bits per heavy atom. The van der Waals surface area contributed by atoms with Crippen molar-refractivity contribution in [1.82, 2.24) is 13.6 Å². The third-order valence-electron chi connectivity index (χ3n) is 4.71. The van der Waals surface area contributed by atoms with Crippen LogP contribution >= 0.6 is 23.3 Å². The molecule has 0 aliphatic carbocycles. The number of aromatic nitrogens is 2. The van der Waals surface area contributed by atoms with Crippen molar-refractivity contribution in [2.75, 3.05) is 11.8 Å². The first-order valence-electron chi connectivity index (χ1n) is 9.29. The van der Waals surface area contributed by atoms with E-state index < -0.39 is 21.7 Å². The average Bonchev–Trinajstić information content (AvgIpc) is 3.24. The molecule has 164 valence electrons. The zero-order chi connectivity index (χ0) is 22.9. The number of carbonyl (C=O) groups is 1. The van der Waals surface area contributed by atoms with Gasteiger partial charge in [-0.2, -0.15) is 8.75 Å². The van der Waals surface area contributed by atoms with Crippen molar-refractivity contribution in [2.24, 2.45) is 0 Å². The molecule has 1 N–H and O–H groups in total. The number of benzene rings is 3. The van der Waals surface area contributed by atoms with Crippen LogP contribution in [0.5, 0.6) is 0 Å². The summed E-state index contributed by atoms with van der Waals surface area (Å²) in [6.07, 6.45) is 0. The molecule has 0 aliphatic heterocycles. The van der Waals surface area contributed by atoms with Gasteiger partial charge in [0.15, 0.2) is 0 Å². The van der Waals surface area contributed by atoms with Gasteiger partial charge in [0.2, 0.25) is 0 Å². The Hall–Kier alpha value is -3.08. The van der Waals surface area contributed by atoms with Crippen molar-refractivity contribution in [3.8, 4) is 0 Å². The lowest BCUT2D eigenvalue weighted by atomic mass is 10.1. The summed E-state index contributed by atoms with van der Waals surface area (Å²) in [6.45, 7) is 0.114. The molecular formula is C21H16ClFN4O3S2. The van der Waals surface area contributed by atoms with Gasteiger partial charge in [0.1, 0.15) is 21.7 Å². The summed E-state index contributed by atoms with van der Waals surface area (Å²) in [7, 11) is -2.49. The summed E-state index contributed by atoms with van der Waals surface area (Å²) in [4.78, 5) is 14.4. The normalized spacial score (nSPS) is 11.5. The van der Waals surface area contributed by atoms with Gasteiger partial charge in [-0.15, -0.1) is 0 Å². The van der Waals surface area contributed by atoms with Gasteiger partial charge < -0.3 is 4.90 Å². The molecule has 32 heavy (non-hydrogen) atoms. The van der Waals surface area contributed by atoms with Crippen LogP contribution in [-0.4, -0.2) is 35.0 Å². The van der Waals surface area contributed by atoms with Crippen molar-refractivity contribution in [3.63, 3.8) is 0 Å². The smallest absolute Gasteiger partial charge is 0.264 e. The molecule has 0 fully saturated rings. The molecule has 4 aromatic rings. The quantitative estimate of drug-likeness (QED) is 0.428. The van der Waals surface area contributed by atoms with Gasteiger partial charge in [0, 0.05) is 18.6 Å². The maximum Gasteiger partial charge on any atom is 0.264 e. The largest absolute Gasteiger partial charge is 0.337 e. The summed E-state index contributed by atoms with van der Waals surface area (Å²) < 4.78 is 50.1. The molecule has 0 aliphatic rings. The molecular weight excluding hydrogens is 475 g/mol. The first kappa shape index (κ1) is 22.1. The molecule has 0 spiro atoms. The highest BCUT2D eigenvalue weighted by Crippen LogP contribution is 2.26. The van der Waals surface area contributed by atoms with E-state index in [1.807, 2.05) is 0 Å². The summed E-state index contributed by atoms with van der Waals surface area (Å²) in [6, 6.07) is 14.9. The minimum absolute atomic E-state index is 0.0301. The number of carbonyl (C=O) groups excluding carboxylic acids is 1. The predicted molar refractivity (Wildman–Crippen MR) is 122 cm³/mol. The number of sulfonamides is 1. The number of anilines is 1. The molecule has 1 aromatic heterocycles. The highest BCUT2D eigenvalue weighted by Gasteiger charge is 2.23. The van der Waals surface area contributed by atoms with Crippen molar-refractivity contribution in [2.45, 2.75) is 11.4 Å². The number of hydrogen-bond donors (Lipinski definition) is 1. The molecule has 0 saturated carbocycles. The van der Waals surface area contributed by atoms with Crippen molar-refractivity contribution < 1.29 is 17.6 Å². The first-order chi connectivity index (χ1) is 15.3. The fourth-order valence-corrected chi connectivity index (χ4v) is 5.21. The van der Waals surface area contributed by atoms with E-state index in [1.54, 1.807) is 31.3 Å². The van der Waals surface area contributed by atoms with Gasteiger partial charge in [-0.3, -0.25) is 9.52 Å². The fraction of sp³-hybridized carbons (Fsp3) is 0.0952. The molecule has 4 rings (SSSR count). The van der Waals surface area contributed by atoms with E-state index in [4.69, 9.17) is 11.6 Å². The van der Waals surface area contributed by atoms with Gasteiger partial charge in [-0.05, 0) is 42.0 Å². The molecule has 11 heteroatoms. The Balaban J connectivity index is 1.62. The number of rotatable bonds is 6. The SMILES string of the molecule is CN(Cc1ccc(F)cc1Cl)C(=O)c1ccccc1NS(=O)(=O)c1cccc2nsnc12. The fourth-order valence-electron chi connectivity index (χ4n) is 3.14. The molecule has 1 heterocycles. The van der Waals surface area contributed by atoms with Gasteiger partial charge in [0.25, 0.3) is 15.9 Å². The van der Waals surface area contributed by atoms with E-state index in [9.17, 15) is 17.6 Å². The maximum atomic E-state index is 13.3. The number of para-hydroxylation sites is 1. The van der Waals surface area contributed by atoms with Crippen LogP contribution in [0.25, 0.3) is 11.0 Å². The van der Waals surface area contributed by atoms with Crippen molar-refractivity contribution in [1.29, 1.82) is 0 Å². The molecule has 0 atom stereocenters. The van der Waals surface area contributed by atoms with Crippen LogP contribution in [-0.2, 0) is 16.6 Å². The maximum absolute atomic E-state index is 13.3. The number of hydrogen-bond acceptors (Lipinski definition) is 6. The highest BCUT2D eigenvalue weighted by molar-refractivity contribution is 7.93. The van der Waals surface area contributed by atoms with Gasteiger partial charge >= 0.3 is 0 Å². The second-order valence-corrected chi connectivity index (χ2v) is 9.52. The monoisotopic (exact) mass is 490 g/mol. The third-order valence-corrected chi connectivity index (χ3v) is 7.00. The van der Waals surface area contributed by atoms with Gasteiger partial charge in [-0.1, -0.05) is 35.9 Å². The minimum atomic E-state index is -4.04. The Labute approximate surface area is 192 Å². The van der Waals surface area contributed by atoms with E-state index >= 15 is 0 Å². The van der Waals surface area contributed by atoms with Crippen molar-refractivity contribution in [3.05, 3.63) is 82.6 Å². The van der Waals surface area contributed by atoms with Crippen LogP contribution < -0.4 is 4.72 Å². The molecule has 1 amide bonds. The lowest BCUT2D eigenvalue weighted by Gasteiger charge is -2.20. The molecule has 0 unspecified atom stereocenters. The number of nitrogens with zero attached hydrogens (tertiary/aromatic N) is 3. The molecule has 3 aromatic carbocycles. The van der Waals surface area contributed by atoms with Crippen LogP contribution in [0.2, 0.25) is 5.02 Å². The molecule has 0 bridgehead atoms. The lowest BCUT2D eigenvalue weighted by molar-refractivity contribution is 0.0786. The summed E-state index contributed by atoms with van der Waals surface area (Å²) >= 11 is 6.99. The van der Waals surface area contributed by atoms with E-state index in [0.717, 1.165) is 11.7 Å². The van der Waals surface area contributed by atoms with Gasteiger partial charge in [0.05, 0.1) is 23.0 Å². The van der Waals surface area contributed by atoms with Crippen molar-refractivity contribution >= 4 is 56.0 Å². The van der Waals surface area contributed by atoms with E-state index in [-0.39, 0.29) is 33.2 Å². The van der Waals surface area contributed by atoms with E-state index in [0.29, 0.717) is 11.1 Å². The summed E-state index contributed by atoms with van der Waals surface area (Å²) in [5.74, 6) is -0.907. The van der Waals surface area contributed by atoms with Gasteiger partial charge in [-0.25, -0.2) is 12.8 Å². The Morgan fingerprint density at radius 1 is 1.12 bits per heavy atom. The number of nitrogens with one attached hydrogen (secondary N) is 1. The second kappa shape index (κ2) is 8.81. The zero-order valence-corrected chi connectivity index (χ0v) is 19.0. The van der Waals surface area contributed by atoms with Crippen LogP contribution in [0, 0.1) is 5.82 Å². The summed E-state index contributed by atoms with van der Waals surface area (Å²) in [5.41, 5.74) is 1.56. The first-order valence-corrected chi connectivity index (χ1v) is 11.9. The number of fused-ring (bicyclic) bond motifs is 1. The standard InChI is InChI=1S/C21H16ClFN4O3S2/c1-27(12-13-9-10-14(23)11-16(13)22)21(28)15-5-2-3-6-17(15)26-32(29,30)19-8-4-7-18-20(19)25-31-24-18/h2-11,26H,12H2,1H3. The van der Waals surface area contributed by atoms with Crippen LogP contribution in [0.15, 0.2) is 65.6 Å². The Kier molecular flexibility index (Phi) is 6.09. The highest BCUT2D eigenvalue weighted by atomic mass is 35.5. The number of amides is 1. The Morgan fingerprint density at radius 2 is 1.91 bits per heavy atom. The minimum Gasteiger partial charge on any atom is -0.337 e. The Bertz CT molecular complexity index is 1430. The predicted octanol–water partition coefficient (Wildman–Crippen LogP) is 4.56. The summed E-state index contributed by atoms with van der Waals surface area (Å²) in [5, 5.41) is 0.198. The van der Waals surface area contributed by atoms with Crippen LogP contribution in [0.4, 0.5) is 10.1 Å². The average molecular weight is 491 g/mol. The van der Waals surface area contributed by atoms with E-state index in [2.05, 4.69) is 13.5 Å². The third kappa shape index (κ3) is 4.43. The lowest BCUT2D eigenvalue weighted by Crippen LogP contribution is -2.27. The topological polar surface area (TPSA) is 92.3 Å². The second-order valence-electron chi connectivity index (χ2n) is 6.94. The number of halogens is 2. The molecule has 7 nitrogen and oxygen atoms in total. The van der Waals surface area contributed by atoms with Crippen LogP contribution in [0.1, 0.15) is 15.9 Å². The zero-order valence-electron chi connectivity index (χ0n) is 16.6. The van der Waals surface area contributed by atoms with E-state index in [1.165, 1.54) is 41.3 Å². The van der Waals surface area contributed by atoms with Crippen LogP contribution in [0.3, 0.4) is 0 Å².